The minimum Gasteiger partial charge on any atom is -0.258 e. The van der Waals surface area contributed by atoms with E-state index in [2.05, 4.69) is 43.2 Å². The minimum absolute atomic E-state index is 0.711. The molecule has 0 aliphatic heterocycles. The van der Waals surface area contributed by atoms with Crippen molar-refractivity contribution < 1.29 is 0 Å². The van der Waals surface area contributed by atoms with E-state index in [9.17, 15) is 0 Å². The third-order valence-electron chi connectivity index (χ3n) is 2.86. The number of aromatic amines is 1. The maximum absolute atomic E-state index is 5.88. The first-order valence-corrected chi connectivity index (χ1v) is 8.42. The lowest BCUT2D eigenvalue weighted by atomic mass is 10.2. The van der Waals surface area contributed by atoms with Gasteiger partial charge in [0.25, 0.3) is 0 Å². The SMILES string of the molecule is Clc1ccc(-c2nc(SCc3ccc(Br)cc3)n[nH]2)cc1. The van der Waals surface area contributed by atoms with Crippen LogP contribution in [0.25, 0.3) is 11.4 Å². The van der Waals surface area contributed by atoms with Crippen LogP contribution in [0, 0.1) is 0 Å². The highest BCUT2D eigenvalue weighted by atomic mass is 79.9. The van der Waals surface area contributed by atoms with Crippen LogP contribution in [-0.2, 0) is 5.75 Å². The van der Waals surface area contributed by atoms with Crippen LogP contribution in [0.3, 0.4) is 0 Å². The van der Waals surface area contributed by atoms with E-state index in [4.69, 9.17) is 11.6 Å². The van der Waals surface area contributed by atoms with E-state index in [1.54, 1.807) is 11.8 Å². The third kappa shape index (κ3) is 3.87. The molecule has 0 aliphatic carbocycles. The maximum Gasteiger partial charge on any atom is 0.209 e. The number of hydrogen-bond donors (Lipinski definition) is 1. The standard InChI is InChI=1S/C15H11BrClN3S/c16-12-5-1-10(2-6-12)9-21-15-18-14(19-20-15)11-3-7-13(17)8-4-11/h1-8H,9H2,(H,18,19,20). The van der Waals surface area contributed by atoms with Gasteiger partial charge in [0.15, 0.2) is 5.82 Å². The minimum atomic E-state index is 0.711. The van der Waals surface area contributed by atoms with Crippen LogP contribution in [0.5, 0.6) is 0 Å². The summed E-state index contributed by atoms with van der Waals surface area (Å²) in [6, 6.07) is 15.8. The fourth-order valence-corrected chi connectivity index (χ4v) is 2.92. The van der Waals surface area contributed by atoms with Gasteiger partial charge in [-0.1, -0.05) is 51.4 Å². The summed E-state index contributed by atoms with van der Waals surface area (Å²) in [4.78, 5) is 4.49. The Morgan fingerprint density at radius 1 is 1.05 bits per heavy atom. The van der Waals surface area contributed by atoms with Crippen LogP contribution < -0.4 is 0 Å². The predicted molar refractivity (Wildman–Crippen MR) is 90.5 cm³/mol. The van der Waals surface area contributed by atoms with Crippen LogP contribution in [0.1, 0.15) is 5.56 Å². The molecule has 0 atom stereocenters. The van der Waals surface area contributed by atoms with Gasteiger partial charge in [-0.3, -0.25) is 5.10 Å². The number of hydrogen-bond acceptors (Lipinski definition) is 3. The lowest BCUT2D eigenvalue weighted by Gasteiger charge is -1.98. The summed E-state index contributed by atoms with van der Waals surface area (Å²) < 4.78 is 1.08. The molecular weight excluding hydrogens is 370 g/mol. The summed E-state index contributed by atoms with van der Waals surface area (Å²) in [6.45, 7) is 0. The van der Waals surface area contributed by atoms with Crippen molar-refractivity contribution in [2.75, 3.05) is 0 Å². The number of H-pyrrole nitrogens is 1. The maximum atomic E-state index is 5.88. The van der Waals surface area contributed by atoms with Crippen molar-refractivity contribution in [2.45, 2.75) is 10.9 Å². The summed E-state index contributed by atoms with van der Waals surface area (Å²) in [7, 11) is 0. The predicted octanol–water partition coefficient (Wildman–Crippen LogP) is 5.18. The van der Waals surface area contributed by atoms with Gasteiger partial charge in [-0.25, -0.2) is 4.98 Å². The molecule has 2 aromatic carbocycles. The average molecular weight is 381 g/mol. The Morgan fingerprint density at radius 3 is 2.48 bits per heavy atom. The Kier molecular flexibility index (Phi) is 4.63. The van der Waals surface area contributed by atoms with Crippen LogP contribution in [0.2, 0.25) is 5.02 Å². The lowest BCUT2D eigenvalue weighted by Crippen LogP contribution is -1.82. The van der Waals surface area contributed by atoms with Crippen LogP contribution in [0.4, 0.5) is 0 Å². The zero-order valence-electron chi connectivity index (χ0n) is 10.9. The molecule has 1 aromatic heterocycles. The van der Waals surface area contributed by atoms with Crippen molar-refractivity contribution in [1.29, 1.82) is 0 Å². The molecule has 0 spiro atoms. The fraction of sp³-hybridized carbons (Fsp3) is 0.0667. The van der Waals surface area contributed by atoms with Crippen LogP contribution >= 0.6 is 39.3 Å². The zero-order chi connectivity index (χ0) is 14.7. The highest BCUT2D eigenvalue weighted by molar-refractivity contribution is 9.10. The Labute approximate surface area is 140 Å². The first-order valence-electron chi connectivity index (χ1n) is 6.26. The molecule has 0 amide bonds. The smallest absolute Gasteiger partial charge is 0.209 e. The highest BCUT2D eigenvalue weighted by Gasteiger charge is 2.06. The van der Waals surface area contributed by atoms with Gasteiger partial charge in [0.05, 0.1) is 0 Å². The Bertz CT molecular complexity index is 725. The number of benzene rings is 2. The quantitative estimate of drug-likeness (QED) is 0.634. The van der Waals surface area contributed by atoms with Crippen molar-refractivity contribution in [1.82, 2.24) is 15.2 Å². The Morgan fingerprint density at radius 2 is 1.76 bits per heavy atom. The number of thioether (sulfide) groups is 1. The van der Waals surface area contributed by atoms with E-state index in [1.165, 1.54) is 5.56 Å². The van der Waals surface area contributed by atoms with Crippen molar-refractivity contribution >= 4 is 39.3 Å². The highest BCUT2D eigenvalue weighted by Crippen LogP contribution is 2.23. The molecule has 106 valence electrons. The van der Waals surface area contributed by atoms with Crippen molar-refractivity contribution in [3.8, 4) is 11.4 Å². The van der Waals surface area contributed by atoms with Crippen molar-refractivity contribution in [2.24, 2.45) is 0 Å². The first kappa shape index (κ1) is 14.6. The third-order valence-corrected chi connectivity index (χ3v) is 4.56. The molecule has 0 saturated heterocycles. The van der Waals surface area contributed by atoms with Gasteiger partial charge in [-0.15, -0.1) is 5.10 Å². The molecule has 0 fully saturated rings. The van der Waals surface area contributed by atoms with E-state index in [-0.39, 0.29) is 0 Å². The molecule has 3 rings (SSSR count). The molecule has 0 saturated carbocycles. The van der Waals surface area contributed by atoms with Gasteiger partial charge in [-0.2, -0.15) is 0 Å². The Hall–Kier alpha value is -1.30. The lowest BCUT2D eigenvalue weighted by molar-refractivity contribution is 0.973. The van der Waals surface area contributed by atoms with Gasteiger partial charge < -0.3 is 0 Å². The van der Waals surface area contributed by atoms with Gasteiger partial charge in [0, 0.05) is 20.8 Å². The molecule has 21 heavy (non-hydrogen) atoms. The molecular formula is C15H11BrClN3S. The number of nitrogens with one attached hydrogen (secondary N) is 1. The summed E-state index contributed by atoms with van der Waals surface area (Å²) in [5.41, 5.74) is 2.21. The van der Waals surface area contributed by atoms with Crippen LogP contribution in [0.15, 0.2) is 58.2 Å². The molecule has 3 nitrogen and oxygen atoms in total. The van der Waals surface area contributed by atoms with E-state index in [0.717, 1.165) is 26.8 Å². The summed E-state index contributed by atoms with van der Waals surface area (Å²) in [6.07, 6.45) is 0. The van der Waals surface area contributed by atoms with E-state index in [0.29, 0.717) is 5.02 Å². The molecule has 0 bridgehead atoms. The van der Waals surface area contributed by atoms with Gasteiger partial charge in [0.1, 0.15) is 0 Å². The zero-order valence-corrected chi connectivity index (χ0v) is 14.0. The number of rotatable bonds is 4. The summed E-state index contributed by atoms with van der Waals surface area (Å²) >= 11 is 10.9. The van der Waals surface area contributed by atoms with Gasteiger partial charge in [0.2, 0.25) is 5.16 Å². The van der Waals surface area contributed by atoms with Crippen molar-refractivity contribution in [3.05, 3.63) is 63.6 Å². The van der Waals surface area contributed by atoms with E-state index >= 15 is 0 Å². The fourth-order valence-electron chi connectivity index (χ4n) is 1.78. The van der Waals surface area contributed by atoms with Gasteiger partial charge in [-0.05, 0) is 42.0 Å². The molecule has 0 radical (unpaired) electrons. The number of halogens is 2. The topological polar surface area (TPSA) is 41.6 Å². The molecule has 3 aromatic rings. The monoisotopic (exact) mass is 379 g/mol. The number of nitrogens with zero attached hydrogens (tertiary/aromatic N) is 2. The molecule has 0 unspecified atom stereocenters. The molecule has 1 N–H and O–H groups in total. The molecule has 6 heteroatoms. The Balaban J connectivity index is 1.67. The van der Waals surface area contributed by atoms with E-state index < -0.39 is 0 Å². The van der Waals surface area contributed by atoms with Gasteiger partial charge >= 0.3 is 0 Å². The van der Waals surface area contributed by atoms with E-state index in [1.807, 2.05) is 36.4 Å². The van der Waals surface area contributed by atoms with Crippen LogP contribution in [-0.4, -0.2) is 15.2 Å². The number of aromatic nitrogens is 3. The first-order chi connectivity index (χ1) is 10.2. The average Bonchev–Trinajstić information content (AvgIpc) is 2.96. The molecule has 0 aliphatic rings. The second-order valence-electron chi connectivity index (χ2n) is 4.39. The largest absolute Gasteiger partial charge is 0.258 e. The second kappa shape index (κ2) is 6.64. The summed E-state index contributed by atoms with van der Waals surface area (Å²) in [5, 5.41) is 8.64. The van der Waals surface area contributed by atoms with Crippen molar-refractivity contribution in [3.63, 3.8) is 0 Å². The normalized spacial score (nSPS) is 10.8. The second-order valence-corrected chi connectivity index (χ2v) is 6.68. The summed E-state index contributed by atoms with van der Waals surface area (Å²) in [5.74, 6) is 1.59. The molecule has 1 heterocycles.